The van der Waals surface area contributed by atoms with Gasteiger partial charge in [0.15, 0.2) is 0 Å². The normalized spacial score (nSPS) is 10.3. The predicted octanol–water partition coefficient (Wildman–Crippen LogP) is 3.07. The largest absolute Gasteiger partial charge is 0.497 e. The number of methoxy groups -OCH3 is 1. The lowest BCUT2D eigenvalue weighted by Crippen LogP contribution is -2.16. The zero-order valence-electron chi connectivity index (χ0n) is 14.5. The van der Waals surface area contributed by atoms with E-state index in [9.17, 15) is 4.79 Å². The van der Waals surface area contributed by atoms with Crippen LogP contribution in [0.2, 0.25) is 0 Å². The number of ether oxygens (including phenoxy) is 2. The second-order valence-corrected chi connectivity index (χ2v) is 5.38. The molecule has 0 radical (unpaired) electrons. The highest BCUT2D eigenvalue weighted by atomic mass is 16.5. The molecule has 0 saturated carbocycles. The maximum atomic E-state index is 12.2. The monoisotopic (exact) mass is 329 g/mol. The van der Waals surface area contributed by atoms with E-state index in [-0.39, 0.29) is 5.91 Å². The van der Waals surface area contributed by atoms with Gasteiger partial charge in [-0.15, -0.1) is 0 Å². The van der Waals surface area contributed by atoms with Crippen LogP contribution >= 0.6 is 0 Å². The molecule has 6 heteroatoms. The van der Waals surface area contributed by atoms with Crippen LogP contribution in [-0.4, -0.2) is 29.6 Å². The quantitative estimate of drug-likeness (QED) is 0.845. The summed E-state index contributed by atoms with van der Waals surface area (Å²) < 4.78 is 10.4. The fraction of sp³-hybridized carbons (Fsp3) is 0.389. The second kappa shape index (κ2) is 8.29. The summed E-state index contributed by atoms with van der Waals surface area (Å²) in [5.41, 5.74) is 3.13. The summed E-state index contributed by atoms with van der Waals surface area (Å²) in [6.45, 7) is 6.04. The van der Waals surface area contributed by atoms with Gasteiger partial charge in [0.25, 0.3) is 0 Å². The van der Waals surface area contributed by atoms with Crippen molar-refractivity contribution >= 4 is 11.6 Å². The number of nitrogens with one attached hydrogen (secondary N) is 1. The van der Waals surface area contributed by atoms with Crippen LogP contribution < -0.4 is 14.8 Å². The van der Waals surface area contributed by atoms with Gasteiger partial charge in [0.05, 0.1) is 30.8 Å². The summed E-state index contributed by atoms with van der Waals surface area (Å²) >= 11 is 0. The van der Waals surface area contributed by atoms with Crippen molar-refractivity contribution in [1.29, 1.82) is 0 Å². The van der Waals surface area contributed by atoms with E-state index >= 15 is 0 Å². The van der Waals surface area contributed by atoms with E-state index in [0.717, 1.165) is 11.3 Å². The van der Waals surface area contributed by atoms with Gasteiger partial charge in [0, 0.05) is 6.42 Å². The Bertz CT molecular complexity index is 676. The van der Waals surface area contributed by atoms with Crippen LogP contribution in [-0.2, 0) is 11.2 Å². The lowest BCUT2D eigenvalue weighted by atomic mass is 10.1. The topological polar surface area (TPSA) is 73.3 Å². The van der Waals surface area contributed by atoms with Crippen molar-refractivity contribution in [3.8, 4) is 11.8 Å². The van der Waals surface area contributed by atoms with Crippen molar-refractivity contribution in [2.45, 2.75) is 33.6 Å². The number of aryl methyl sites for hydroxylation is 3. The summed E-state index contributed by atoms with van der Waals surface area (Å²) in [5, 5.41) is 2.90. The van der Waals surface area contributed by atoms with E-state index in [1.807, 2.05) is 45.0 Å². The molecule has 0 aliphatic carbocycles. The lowest BCUT2D eigenvalue weighted by Gasteiger charge is -2.12. The number of amides is 1. The molecule has 0 saturated heterocycles. The predicted molar refractivity (Wildman–Crippen MR) is 92.6 cm³/mol. The van der Waals surface area contributed by atoms with Gasteiger partial charge >= 0.3 is 6.01 Å². The number of rotatable bonds is 7. The fourth-order valence-corrected chi connectivity index (χ4v) is 2.31. The molecule has 6 nitrogen and oxygen atoms in total. The standard InChI is InChI=1S/C18H23N3O3/c1-5-24-18-19-12(2)17(13(3)20-18)21-16(22)11-8-14-6-9-15(23-4)10-7-14/h6-7,9-10H,5,8,11H2,1-4H3,(H,21,22). The van der Waals surface area contributed by atoms with Crippen molar-refractivity contribution in [3.63, 3.8) is 0 Å². The Morgan fingerprint density at radius 3 is 2.29 bits per heavy atom. The number of carbonyl (C=O) groups is 1. The summed E-state index contributed by atoms with van der Waals surface area (Å²) in [6, 6.07) is 8.04. The number of hydrogen-bond donors (Lipinski definition) is 1. The van der Waals surface area contributed by atoms with Gasteiger partial charge in [-0.2, -0.15) is 9.97 Å². The van der Waals surface area contributed by atoms with Crippen molar-refractivity contribution in [3.05, 3.63) is 41.2 Å². The zero-order valence-corrected chi connectivity index (χ0v) is 14.5. The maximum Gasteiger partial charge on any atom is 0.316 e. The van der Waals surface area contributed by atoms with E-state index < -0.39 is 0 Å². The van der Waals surface area contributed by atoms with E-state index in [1.54, 1.807) is 7.11 Å². The van der Waals surface area contributed by atoms with E-state index in [1.165, 1.54) is 0 Å². The molecule has 24 heavy (non-hydrogen) atoms. The number of nitrogens with zero attached hydrogens (tertiary/aromatic N) is 2. The number of anilines is 1. The maximum absolute atomic E-state index is 12.2. The van der Waals surface area contributed by atoms with Crippen LogP contribution in [0.1, 0.15) is 30.3 Å². The number of aromatic nitrogens is 2. The molecule has 0 spiro atoms. The van der Waals surface area contributed by atoms with Crippen LogP contribution in [0.15, 0.2) is 24.3 Å². The van der Waals surface area contributed by atoms with E-state index in [0.29, 0.717) is 42.5 Å². The first kappa shape index (κ1) is 17.7. The first-order chi connectivity index (χ1) is 11.5. The van der Waals surface area contributed by atoms with Gasteiger partial charge in [-0.05, 0) is 44.9 Å². The summed E-state index contributed by atoms with van der Waals surface area (Å²) in [7, 11) is 1.63. The summed E-state index contributed by atoms with van der Waals surface area (Å²) in [4.78, 5) is 20.7. The van der Waals surface area contributed by atoms with Crippen LogP contribution in [0.5, 0.6) is 11.8 Å². The average molecular weight is 329 g/mol. The zero-order chi connectivity index (χ0) is 17.5. The third kappa shape index (κ3) is 4.68. The Kier molecular flexibility index (Phi) is 6.12. The van der Waals surface area contributed by atoms with Gasteiger partial charge in [-0.25, -0.2) is 0 Å². The highest BCUT2D eigenvalue weighted by Gasteiger charge is 2.12. The molecular weight excluding hydrogens is 306 g/mol. The molecule has 2 aromatic rings. The van der Waals surface area contributed by atoms with E-state index in [4.69, 9.17) is 9.47 Å². The minimum absolute atomic E-state index is 0.0650. The third-order valence-corrected chi connectivity index (χ3v) is 3.59. The van der Waals surface area contributed by atoms with Gasteiger partial charge in [-0.1, -0.05) is 12.1 Å². The minimum Gasteiger partial charge on any atom is -0.497 e. The van der Waals surface area contributed by atoms with Gasteiger partial charge in [-0.3, -0.25) is 4.79 Å². The minimum atomic E-state index is -0.0650. The lowest BCUT2D eigenvalue weighted by molar-refractivity contribution is -0.116. The number of carbonyl (C=O) groups excluding carboxylic acids is 1. The Hall–Kier alpha value is -2.63. The Morgan fingerprint density at radius 1 is 1.12 bits per heavy atom. The van der Waals surface area contributed by atoms with Crippen molar-refractivity contribution in [1.82, 2.24) is 9.97 Å². The van der Waals surface area contributed by atoms with Crippen LogP contribution in [0.4, 0.5) is 5.69 Å². The van der Waals surface area contributed by atoms with Crippen LogP contribution in [0.25, 0.3) is 0 Å². The number of hydrogen-bond acceptors (Lipinski definition) is 5. The van der Waals surface area contributed by atoms with Gasteiger partial charge in [0.1, 0.15) is 5.75 Å². The summed E-state index contributed by atoms with van der Waals surface area (Å²) in [6.07, 6.45) is 1.05. The molecule has 1 N–H and O–H groups in total. The molecule has 0 aliphatic heterocycles. The Balaban J connectivity index is 1.96. The van der Waals surface area contributed by atoms with Crippen LogP contribution in [0.3, 0.4) is 0 Å². The molecule has 1 amide bonds. The van der Waals surface area contributed by atoms with Crippen LogP contribution in [0, 0.1) is 13.8 Å². The van der Waals surface area contributed by atoms with Gasteiger partial charge < -0.3 is 14.8 Å². The molecule has 0 fully saturated rings. The first-order valence-corrected chi connectivity index (χ1v) is 7.94. The smallest absolute Gasteiger partial charge is 0.316 e. The van der Waals surface area contributed by atoms with Gasteiger partial charge in [0.2, 0.25) is 5.91 Å². The molecule has 0 unspecified atom stereocenters. The first-order valence-electron chi connectivity index (χ1n) is 7.94. The number of benzene rings is 1. The highest BCUT2D eigenvalue weighted by molar-refractivity contribution is 5.91. The second-order valence-electron chi connectivity index (χ2n) is 5.38. The molecule has 1 aromatic carbocycles. The fourth-order valence-electron chi connectivity index (χ4n) is 2.31. The molecule has 1 aromatic heterocycles. The molecule has 0 bridgehead atoms. The Labute approximate surface area is 142 Å². The Morgan fingerprint density at radius 2 is 1.75 bits per heavy atom. The third-order valence-electron chi connectivity index (χ3n) is 3.59. The summed E-state index contributed by atoms with van der Waals surface area (Å²) in [5.74, 6) is 0.741. The molecule has 2 rings (SSSR count). The SMILES string of the molecule is CCOc1nc(C)c(NC(=O)CCc2ccc(OC)cc2)c(C)n1. The van der Waals surface area contributed by atoms with Crippen molar-refractivity contribution in [2.75, 3.05) is 19.0 Å². The van der Waals surface area contributed by atoms with Crippen molar-refractivity contribution < 1.29 is 14.3 Å². The molecular formula is C18H23N3O3. The molecule has 0 atom stereocenters. The van der Waals surface area contributed by atoms with Crippen molar-refractivity contribution in [2.24, 2.45) is 0 Å². The molecule has 1 heterocycles. The average Bonchev–Trinajstić information content (AvgIpc) is 2.57. The highest BCUT2D eigenvalue weighted by Crippen LogP contribution is 2.20. The molecule has 0 aliphatic rings. The molecule has 128 valence electrons. The van der Waals surface area contributed by atoms with E-state index in [2.05, 4.69) is 15.3 Å².